The Balaban J connectivity index is 1.60. The average molecular weight is 421 g/mol. The third-order valence-corrected chi connectivity index (χ3v) is 5.32. The Morgan fingerprint density at radius 2 is 1.65 bits per heavy atom. The second-order valence-electron chi connectivity index (χ2n) is 7.68. The van der Waals surface area contributed by atoms with Gasteiger partial charge in [0.15, 0.2) is 11.5 Å². The zero-order valence-electron chi connectivity index (χ0n) is 18.0. The van der Waals surface area contributed by atoms with Crippen molar-refractivity contribution >= 4 is 0 Å². The molecule has 1 aliphatic rings. The summed E-state index contributed by atoms with van der Waals surface area (Å²) in [6.45, 7) is 4.29. The quantitative estimate of drug-likeness (QED) is 0.598. The molecule has 0 atom stereocenters. The maximum Gasteiger partial charge on any atom is 0.161 e. The number of methoxy groups -OCH3 is 2. The fourth-order valence-electron chi connectivity index (χ4n) is 3.60. The maximum atomic E-state index is 9.67. The first-order valence-electron chi connectivity index (χ1n) is 10.2. The van der Waals surface area contributed by atoms with Crippen LogP contribution in [0.5, 0.6) is 17.2 Å². The van der Waals surface area contributed by atoms with Crippen molar-refractivity contribution in [3.63, 3.8) is 0 Å². The molecule has 1 fully saturated rings. The summed E-state index contributed by atoms with van der Waals surface area (Å²) in [7, 11) is 3.26. The topological polar surface area (TPSA) is 76.9 Å². The Kier molecular flexibility index (Phi) is 6.34. The van der Waals surface area contributed by atoms with E-state index >= 15 is 0 Å². The molecule has 0 aliphatic carbocycles. The first kappa shape index (κ1) is 21.1. The third kappa shape index (κ3) is 4.95. The number of aliphatic hydroxyl groups excluding tert-OH is 1. The molecule has 4 rings (SSSR count). The zero-order chi connectivity index (χ0) is 21.8. The van der Waals surface area contributed by atoms with E-state index in [2.05, 4.69) is 20.9 Å². The van der Waals surface area contributed by atoms with Crippen LogP contribution in [0, 0.1) is 6.92 Å². The molecule has 0 saturated carbocycles. The third-order valence-electron chi connectivity index (χ3n) is 5.32. The fourth-order valence-corrected chi connectivity index (χ4v) is 3.60. The number of aliphatic hydroxyl groups is 1. The first-order valence-corrected chi connectivity index (χ1v) is 10.2. The molecule has 0 amide bonds. The van der Waals surface area contributed by atoms with Gasteiger partial charge in [0.25, 0.3) is 0 Å². The molecule has 1 aliphatic heterocycles. The van der Waals surface area contributed by atoms with Crippen LogP contribution in [0.15, 0.2) is 48.8 Å². The van der Waals surface area contributed by atoms with Gasteiger partial charge in [-0.1, -0.05) is 12.1 Å². The van der Waals surface area contributed by atoms with Crippen molar-refractivity contribution in [2.45, 2.75) is 26.2 Å². The van der Waals surface area contributed by atoms with Crippen molar-refractivity contribution in [3.8, 4) is 28.4 Å². The van der Waals surface area contributed by atoms with Crippen molar-refractivity contribution < 1.29 is 19.3 Å². The van der Waals surface area contributed by atoms with Gasteiger partial charge in [0.05, 0.1) is 37.9 Å². The predicted molar refractivity (Wildman–Crippen MR) is 117 cm³/mol. The van der Waals surface area contributed by atoms with Crippen LogP contribution in [-0.4, -0.2) is 53.4 Å². The van der Waals surface area contributed by atoms with Crippen LogP contribution >= 0.6 is 0 Å². The summed E-state index contributed by atoms with van der Waals surface area (Å²) >= 11 is 0. The van der Waals surface area contributed by atoms with Crippen molar-refractivity contribution in [1.29, 1.82) is 0 Å². The summed E-state index contributed by atoms with van der Waals surface area (Å²) in [6, 6.07) is 12.0. The van der Waals surface area contributed by atoms with Crippen LogP contribution in [0.4, 0.5) is 0 Å². The minimum Gasteiger partial charge on any atom is -0.493 e. The molecule has 31 heavy (non-hydrogen) atoms. The number of aryl methyl sites for hydroxylation is 1. The van der Waals surface area contributed by atoms with Gasteiger partial charge in [0.1, 0.15) is 12.4 Å². The zero-order valence-corrected chi connectivity index (χ0v) is 18.0. The van der Waals surface area contributed by atoms with E-state index in [9.17, 15) is 5.11 Å². The summed E-state index contributed by atoms with van der Waals surface area (Å²) < 4.78 is 16.9. The SMILES string of the molecule is COc1ccc(-c2ccc(OCc3cnc(C)cn3)c(CN3CC(O)C3)c2)cc1OC. The Bertz CT molecular complexity index is 1030. The molecule has 1 saturated heterocycles. The van der Waals surface area contributed by atoms with Crippen molar-refractivity contribution in [3.05, 3.63) is 65.7 Å². The van der Waals surface area contributed by atoms with Gasteiger partial charge < -0.3 is 19.3 Å². The number of hydrogen-bond donors (Lipinski definition) is 1. The highest BCUT2D eigenvalue weighted by Crippen LogP contribution is 2.34. The summed E-state index contributed by atoms with van der Waals surface area (Å²) in [4.78, 5) is 10.8. The van der Waals surface area contributed by atoms with Gasteiger partial charge in [-0.15, -0.1) is 0 Å². The smallest absolute Gasteiger partial charge is 0.161 e. The lowest BCUT2D eigenvalue weighted by Gasteiger charge is -2.36. The molecule has 2 heterocycles. The summed E-state index contributed by atoms with van der Waals surface area (Å²) in [5, 5.41) is 9.67. The predicted octanol–water partition coefficient (Wildman–Crippen LogP) is 3.22. The van der Waals surface area contributed by atoms with E-state index < -0.39 is 0 Å². The van der Waals surface area contributed by atoms with Crippen LogP contribution in [0.25, 0.3) is 11.1 Å². The average Bonchev–Trinajstić information content (AvgIpc) is 2.77. The van der Waals surface area contributed by atoms with Crippen molar-refractivity contribution in [1.82, 2.24) is 14.9 Å². The lowest BCUT2D eigenvalue weighted by molar-refractivity contribution is -0.00332. The molecule has 7 heteroatoms. The van der Waals surface area contributed by atoms with Crippen LogP contribution in [0.2, 0.25) is 0 Å². The molecule has 1 aromatic heterocycles. The largest absolute Gasteiger partial charge is 0.493 e. The summed E-state index contributed by atoms with van der Waals surface area (Å²) in [6.07, 6.45) is 3.22. The van der Waals surface area contributed by atoms with E-state index in [0.717, 1.165) is 33.8 Å². The Labute approximate surface area is 182 Å². The first-order chi connectivity index (χ1) is 15.1. The number of rotatable bonds is 8. The minimum atomic E-state index is -0.249. The van der Waals surface area contributed by atoms with E-state index in [0.29, 0.717) is 37.7 Å². The second-order valence-corrected chi connectivity index (χ2v) is 7.68. The van der Waals surface area contributed by atoms with E-state index in [1.807, 2.05) is 37.3 Å². The van der Waals surface area contributed by atoms with E-state index in [1.165, 1.54) is 0 Å². The monoisotopic (exact) mass is 421 g/mol. The maximum absolute atomic E-state index is 9.67. The van der Waals surface area contributed by atoms with Crippen LogP contribution in [-0.2, 0) is 13.2 Å². The molecule has 162 valence electrons. The van der Waals surface area contributed by atoms with Crippen LogP contribution < -0.4 is 14.2 Å². The van der Waals surface area contributed by atoms with Gasteiger partial charge in [0.2, 0.25) is 0 Å². The Hall–Kier alpha value is -3.16. The molecular formula is C24H27N3O4. The van der Waals surface area contributed by atoms with Crippen molar-refractivity contribution in [2.75, 3.05) is 27.3 Å². The molecule has 0 unspecified atom stereocenters. The Morgan fingerprint density at radius 1 is 0.935 bits per heavy atom. The van der Waals surface area contributed by atoms with Gasteiger partial charge in [-0.3, -0.25) is 14.9 Å². The number of benzene rings is 2. The lowest BCUT2D eigenvalue weighted by atomic mass is 10.0. The number of nitrogens with zero attached hydrogens (tertiary/aromatic N) is 3. The van der Waals surface area contributed by atoms with E-state index in [-0.39, 0.29) is 6.10 Å². The Morgan fingerprint density at radius 3 is 2.29 bits per heavy atom. The molecule has 0 spiro atoms. The highest BCUT2D eigenvalue weighted by Gasteiger charge is 2.25. The van der Waals surface area contributed by atoms with Gasteiger partial charge in [-0.05, 0) is 42.3 Å². The van der Waals surface area contributed by atoms with Gasteiger partial charge in [-0.2, -0.15) is 0 Å². The number of aromatic nitrogens is 2. The number of likely N-dealkylation sites (tertiary alicyclic amines) is 1. The molecule has 7 nitrogen and oxygen atoms in total. The normalized spacial score (nSPS) is 14.2. The summed E-state index contributed by atoms with van der Waals surface area (Å²) in [5.74, 6) is 2.18. The number of hydrogen-bond acceptors (Lipinski definition) is 7. The molecule has 1 N–H and O–H groups in total. The molecule has 0 radical (unpaired) electrons. The van der Waals surface area contributed by atoms with Crippen LogP contribution in [0.1, 0.15) is 17.0 Å². The molecular weight excluding hydrogens is 394 g/mol. The van der Waals surface area contributed by atoms with Gasteiger partial charge in [-0.25, -0.2) is 0 Å². The number of β-amino-alcohol motifs (C(OH)–C–C–N with tert-alkyl or cyclic N) is 1. The van der Waals surface area contributed by atoms with E-state index in [4.69, 9.17) is 14.2 Å². The van der Waals surface area contributed by atoms with Gasteiger partial charge >= 0.3 is 0 Å². The minimum absolute atomic E-state index is 0.249. The highest BCUT2D eigenvalue weighted by atomic mass is 16.5. The molecule has 2 aromatic carbocycles. The second kappa shape index (κ2) is 9.32. The number of ether oxygens (including phenoxy) is 3. The lowest BCUT2D eigenvalue weighted by Crippen LogP contribution is -2.49. The molecule has 3 aromatic rings. The standard InChI is InChI=1S/C24H27N3O4/c1-16-10-26-20(11-25-16)15-31-22-6-4-17(8-19(22)12-27-13-21(28)14-27)18-5-7-23(29-2)24(9-18)30-3/h4-11,21,28H,12-15H2,1-3H3. The van der Waals surface area contributed by atoms with Crippen molar-refractivity contribution in [2.24, 2.45) is 0 Å². The summed E-state index contributed by atoms with van der Waals surface area (Å²) in [5.41, 5.74) is 4.79. The van der Waals surface area contributed by atoms with Crippen LogP contribution in [0.3, 0.4) is 0 Å². The molecule has 0 bridgehead atoms. The fraction of sp³-hybridized carbons (Fsp3) is 0.333. The van der Waals surface area contributed by atoms with Gasteiger partial charge in [0, 0.05) is 31.4 Å². The van der Waals surface area contributed by atoms with E-state index in [1.54, 1.807) is 26.6 Å². The highest BCUT2D eigenvalue weighted by molar-refractivity contribution is 5.69.